The van der Waals surface area contributed by atoms with E-state index in [2.05, 4.69) is 12.1 Å². The Morgan fingerprint density at radius 1 is 1.00 bits per heavy atom. The van der Waals surface area contributed by atoms with Crippen molar-refractivity contribution in [2.24, 2.45) is 0 Å². The monoisotopic (exact) mass is 327 g/mol. The summed E-state index contributed by atoms with van der Waals surface area (Å²) < 4.78 is 0. The highest BCUT2D eigenvalue weighted by Gasteiger charge is 2.32. The second-order valence-corrected chi connectivity index (χ2v) is 6.93. The summed E-state index contributed by atoms with van der Waals surface area (Å²) in [7, 11) is 0. The fraction of sp³-hybridized carbons (Fsp3) is 0.350. The van der Waals surface area contributed by atoms with E-state index in [1.165, 1.54) is 4.90 Å². The Morgan fingerprint density at radius 2 is 1.54 bits per heavy atom. The maximum absolute atomic E-state index is 11.6. The fourth-order valence-corrected chi connectivity index (χ4v) is 2.96. The molecule has 2 aromatic carbocycles. The molecule has 0 aliphatic carbocycles. The number of benzene rings is 2. The quantitative estimate of drug-likeness (QED) is 0.871. The van der Waals surface area contributed by atoms with E-state index < -0.39 is 17.7 Å². The van der Waals surface area contributed by atoms with Gasteiger partial charge in [-0.1, -0.05) is 54.6 Å². The van der Waals surface area contributed by atoms with Crippen LogP contribution in [0, 0.1) is 0 Å². The molecule has 0 aromatic heterocycles. The minimum atomic E-state index is -1.01. The highest BCUT2D eigenvalue weighted by atomic mass is 16.4. The first-order chi connectivity index (χ1) is 11.3. The molecule has 0 fully saturated rings. The number of amides is 1. The molecule has 1 atom stereocenters. The molecule has 2 rings (SSSR count). The Labute approximate surface area is 143 Å². The van der Waals surface area contributed by atoms with Crippen LogP contribution in [0.3, 0.4) is 0 Å². The van der Waals surface area contributed by atoms with Crippen LogP contribution in [0.2, 0.25) is 0 Å². The number of carboxylic acid groups (broad SMARTS) is 1. The molecule has 0 saturated carbocycles. The van der Waals surface area contributed by atoms with Crippen molar-refractivity contribution in [3.05, 3.63) is 60.2 Å². The number of carbonyl (C=O) groups is 1. The molecular formula is C20H25NO3. The topological polar surface area (TPSA) is 60.8 Å². The highest BCUT2D eigenvalue weighted by molar-refractivity contribution is 5.67. The number of aliphatic hydroxyl groups is 1. The van der Waals surface area contributed by atoms with Gasteiger partial charge in [-0.15, -0.1) is 0 Å². The average Bonchev–Trinajstić information content (AvgIpc) is 2.54. The molecule has 4 heteroatoms. The van der Waals surface area contributed by atoms with Gasteiger partial charge in [0.1, 0.15) is 0 Å². The average molecular weight is 327 g/mol. The normalized spacial score (nSPS) is 12.7. The van der Waals surface area contributed by atoms with Gasteiger partial charge >= 0.3 is 6.09 Å². The Hall–Kier alpha value is -2.33. The van der Waals surface area contributed by atoms with E-state index in [4.69, 9.17) is 0 Å². The van der Waals surface area contributed by atoms with Gasteiger partial charge in [-0.25, -0.2) is 4.79 Å². The predicted octanol–water partition coefficient (Wildman–Crippen LogP) is 4.04. The first kappa shape index (κ1) is 18.0. The van der Waals surface area contributed by atoms with Crippen LogP contribution in [-0.4, -0.2) is 39.4 Å². The zero-order chi connectivity index (χ0) is 17.7. The van der Waals surface area contributed by atoms with Gasteiger partial charge < -0.3 is 10.2 Å². The predicted molar refractivity (Wildman–Crippen MR) is 96.1 cm³/mol. The van der Waals surface area contributed by atoms with Crippen molar-refractivity contribution in [1.29, 1.82) is 0 Å². The van der Waals surface area contributed by atoms with Crippen molar-refractivity contribution in [3.8, 4) is 11.1 Å². The van der Waals surface area contributed by atoms with Gasteiger partial charge in [-0.05, 0) is 43.9 Å². The number of hydrogen-bond acceptors (Lipinski definition) is 2. The maximum atomic E-state index is 11.6. The molecule has 2 aromatic rings. The lowest BCUT2D eigenvalue weighted by Gasteiger charge is -2.39. The lowest BCUT2D eigenvalue weighted by atomic mass is 9.97. The lowest BCUT2D eigenvalue weighted by Crippen LogP contribution is -2.53. The van der Waals surface area contributed by atoms with E-state index in [0.29, 0.717) is 6.42 Å². The first-order valence-corrected chi connectivity index (χ1v) is 8.10. The molecular weight excluding hydrogens is 302 g/mol. The van der Waals surface area contributed by atoms with Crippen LogP contribution in [0.5, 0.6) is 0 Å². The van der Waals surface area contributed by atoms with Crippen LogP contribution < -0.4 is 0 Å². The van der Waals surface area contributed by atoms with E-state index in [1.807, 2.05) is 63.2 Å². The van der Waals surface area contributed by atoms with Gasteiger partial charge in [0, 0.05) is 5.54 Å². The van der Waals surface area contributed by atoms with E-state index in [1.54, 1.807) is 0 Å². The van der Waals surface area contributed by atoms with E-state index in [-0.39, 0.29) is 6.61 Å². The van der Waals surface area contributed by atoms with Crippen molar-refractivity contribution in [2.75, 3.05) is 6.61 Å². The Balaban J connectivity index is 2.18. The second-order valence-electron chi connectivity index (χ2n) is 6.93. The molecule has 128 valence electrons. The number of rotatable bonds is 5. The second kappa shape index (κ2) is 7.49. The third-order valence-corrected chi connectivity index (χ3v) is 4.04. The number of nitrogens with zero attached hydrogens (tertiary/aromatic N) is 1. The molecule has 0 bridgehead atoms. The summed E-state index contributed by atoms with van der Waals surface area (Å²) in [5, 5.41) is 19.2. The first-order valence-electron chi connectivity index (χ1n) is 8.10. The molecule has 0 saturated heterocycles. The molecule has 0 heterocycles. The van der Waals surface area contributed by atoms with Gasteiger partial charge in [0.15, 0.2) is 0 Å². The van der Waals surface area contributed by atoms with Crippen LogP contribution in [0.15, 0.2) is 54.6 Å². The standard InChI is InChI=1S/C20H25NO3/c1-20(2,3)21(19(23)24)18(14-22)13-15-9-11-17(12-10-15)16-7-5-4-6-8-16/h4-12,18,22H,13-14H2,1-3H3,(H,23,24). The van der Waals surface area contributed by atoms with Crippen molar-refractivity contribution in [3.63, 3.8) is 0 Å². The van der Waals surface area contributed by atoms with E-state index >= 15 is 0 Å². The van der Waals surface area contributed by atoms with Crippen LogP contribution >= 0.6 is 0 Å². The third-order valence-electron chi connectivity index (χ3n) is 4.04. The van der Waals surface area contributed by atoms with Crippen molar-refractivity contribution < 1.29 is 15.0 Å². The fourth-order valence-electron chi connectivity index (χ4n) is 2.96. The molecule has 1 unspecified atom stereocenters. The summed E-state index contributed by atoms with van der Waals surface area (Å²) >= 11 is 0. The summed E-state index contributed by atoms with van der Waals surface area (Å²) in [5.74, 6) is 0. The van der Waals surface area contributed by atoms with Crippen molar-refractivity contribution in [2.45, 2.75) is 38.8 Å². The van der Waals surface area contributed by atoms with Crippen LogP contribution in [0.25, 0.3) is 11.1 Å². The summed E-state index contributed by atoms with van der Waals surface area (Å²) in [6.07, 6.45) is -0.530. The van der Waals surface area contributed by atoms with Crippen LogP contribution in [-0.2, 0) is 6.42 Å². The highest BCUT2D eigenvalue weighted by Crippen LogP contribution is 2.23. The molecule has 2 N–H and O–H groups in total. The summed E-state index contributed by atoms with van der Waals surface area (Å²) in [6.45, 7) is 5.30. The van der Waals surface area contributed by atoms with E-state index in [9.17, 15) is 15.0 Å². The Morgan fingerprint density at radius 3 is 2.00 bits per heavy atom. The molecule has 4 nitrogen and oxygen atoms in total. The minimum Gasteiger partial charge on any atom is -0.465 e. The molecule has 1 amide bonds. The molecule has 24 heavy (non-hydrogen) atoms. The molecule has 0 aliphatic heterocycles. The van der Waals surface area contributed by atoms with Crippen molar-refractivity contribution >= 4 is 6.09 Å². The SMILES string of the molecule is CC(C)(C)N(C(=O)O)C(CO)Cc1ccc(-c2ccccc2)cc1. The summed E-state index contributed by atoms with van der Waals surface area (Å²) in [4.78, 5) is 12.9. The largest absolute Gasteiger partial charge is 0.465 e. The van der Waals surface area contributed by atoms with Gasteiger partial charge in [-0.3, -0.25) is 4.90 Å². The summed E-state index contributed by atoms with van der Waals surface area (Å²) in [6, 6.07) is 17.7. The van der Waals surface area contributed by atoms with Crippen LogP contribution in [0.4, 0.5) is 4.79 Å². The minimum absolute atomic E-state index is 0.204. The zero-order valence-electron chi connectivity index (χ0n) is 14.4. The van der Waals surface area contributed by atoms with Gasteiger partial charge in [0.05, 0.1) is 12.6 Å². The maximum Gasteiger partial charge on any atom is 0.408 e. The lowest BCUT2D eigenvalue weighted by molar-refractivity contribution is 0.0465. The Bertz CT molecular complexity index is 660. The Kier molecular flexibility index (Phi) is 5.62. The van der Waals surface area contributed by atoms with Crippen LogP contribution in [0.1, 0.15) is 26.3 Å². The molecule has 0 radical (unpaired) electrons. The van der Waals surface area contributed by atoms with Gasteiger partial charge in [-0.2, -0.15) is 0 Å². The number of aliphatic hydroxyl groups excluding tert-OH is 1. The smallest absolute Gasteiger partial charge is 0.408 e. The van der Waals surface area contributed by atoms with Gasteiger partial charge in [0.2, 0.25) is 0 Å². The third kappa shape index (κ3) is 4.36. The molecule has 0 aliphatic rings. The molecule has 0 spiro atoms. The van der Waals surface area contributed by atoms with Crippen molar-refractivity contribution in [1.82, 2.24) is 4.90 Å². The number of hydrogen-bond donors (Lipinski definition) is 2. The van der Waals surface area contributed by atoms with Gasteiger partial charge in [0.25, 0.3) is 0 Å². The van der Waals surface area contributed by atoms with E-state index in [0.717, 1.165) is 16.7 Å². The summed E-state index contributed by atoms with van der Waals surface area (Å²) in [5.41, 5.74) is 2.70. The zero-order valence-corrected chi connectivity index (χ0v) is 14.4.